The number of hydrogen-bond donors (Lipinski definition) is 5. The van der Waals surface area contributed by atoms with E-state index in [0.717, 1.165) is 24.0 Å². The average Bonchev–Trinajstić information content (AvgIpc) is 3.73. The minimum absolute atomic E-state index is 0.0690. The molecule has 2 aromatic rings. The maximum absolute atomic E-state index is 14.5. The second-order valence-electron chi connectivity index (χ2n) is 10.8. The van der Waals surface area contributed by atoms with Crippen LogP contribution in [-0.4, -0.2) is 54.2 Å². The Hall–Kier alpha value is -3.94. The van der Waals surface area contributed by atoms with E-state index in [4.69, 9.17) is 16.9 Å². The number of amides is 3. The molecule has 4 rings (SSSR count). The van der Waals surface area contributed by atoms with E-state index >= 15 is 0 Å². The van der Waals surface area contributed by atoms with E-state index in [0.29, 0.717) is 37.2 Å². The van der Waals surface area contributed by atoms with E-state index in [1.807, 2.05) is 24.3 Å². The number of terminal acetylenes is 1. The number of carbonyl (C=O) groups excluding carboxylic acids is 3. The SMILES string of the molecule is C#Cc1cccc(C2(NCC(O)C3Cc4cc(F)cc(c4)OCCCCCC(=O)NC(CC(N)=O)C(=O)N3)CC2)c1. The lowest BCUT2D eigenvalue weighted by Gasteiger charge is -2.29. The molecule has 1 aliphatic heterocycles. The highest BCUT2D eigenvalue weighted by Gasteiger charge is 2.44. The van der Waals surface area contributed by atoms with Crippen LogP contribution in [0.5, 0.6) is 5.75 Å². The van der Waals surface area contributed by atoms with Crippen molar-refractivity contribution in [1.29, 1.82) is 0 Å². The van der Waals surface area contributed by atoms with Gasteiger partial charge in [0.25, 0.3) is 0 Å². The van der Waals surface area contributed by atoms with Crippen LogP contribution in [0.3, 0.4) is 0 Å². The fraction of sp³-hybridized carbons (Fsp3) is 0.452. The van der Waals surface area contributed by atoms with Gasteiger partial charge in [-0.05, 0) is 73.9 Å². The van der Waals surface area contributed by atoms with Gasteiger partial charge in [-0.3, -0.25) is 14.4 Å². The molecule has 1 heterocycles. The van der Waals surface area contributed by atoms with E-state index in [1.54, 1.807) is 6.07 Å². The maximum Gasteiger partial charge on any atom is 0.243 e. The van der Waals surface area contributed by atoms with Gasteiger partial charge in [0.2, 0.25) is 17.7 Å². The quantitative estimate of drug-likeness (QED) is 0.325. The third-order valence-electron chi connectivity index (χ3n) is 7.53. The number of halogens is 1. The first-order chi connectivity index (χ1) is 19.7. The summed E-state index contributed by atoms with van der Waals surface area (Å²) in [6, 6.07) is 9.86. The number of primary amides is 1. The Labute approximate surface area is 239 Å². The highest BCUT2D eigenvalue weighted by atomic mass is 19.1. The lowest BCUT2D eigenvalue weighted by molar-refractivity contribution is -0.132. The predicted molar refractivity (Wildman–Crippen MR) is 151 cm³/mol. The molecule has 1 fully saturated rings. The molecule has 0 aromatic heterocycles. The summed E-state index contributed by atoms with van der Waals surface area (Å²) in [6.07, 6.45) is 7.89. The summed E-state index contributed by atoms with van der Waals surface area (Å²) in [4.78, 5) is 37.5. The van der Waals surface area contributed by atoms with Crippen LogP contribution in [0.2, 0.25) is 0 Å². The molecule has 2 aliphatic rings. The second-order valence-corrected chi connectivity index (χ2v) is 10.8. The van der Waals surface area contributed by atoms with E-state index in [1.165, 1.54) is 12.1 Å². The number of nitrogens with two attached hydrogens (primary N) is 1. The second kappa shape index (κ2) is 13.6. The number of fused-ring (bicyclic) bond motifs is 2. The molecule has 2 bridgehead atoms. The minimum atomic E-state index is -1.21. The third-order valence-corrected chi connectivity index (χ3v) is 7.53. The molecule has 1 saturated carbocycles. The zero-order chi connectivity index (χ0) is 29.4. The molecule has 3 amide bonds. The summed E-state index contributed by atoms with van der Waals surface area (Å²) in [5.41, 5.74) is 7.29. The molecule has 9 nitrogen and oxygen atoms in total. The first-order valence-electron chi connectivity index (χ1n) is 14.0. The van der Waals surface area contributed by atoms with Crippen LogP contribution in [0, 0.1) is 18.2 Å². The van der Waals surface area contributed by atoms with Crippen LogP contribution in [0.25, 0.3) is 0 Å². The summed E-state index contributed by atoms with van der Waals surface area (Å²) < 4.78 is 20.2. The molecule has 218 valence electrons. The lowest BCUT2D eigenvalue weighted by atomic mass is 9.98. The normalized spacial score (nSPS) is 21.9. The number of rotatable bonds is 7. The molecule has 3 unspecified atom stereocenters. The van der Waals surface area contributed by atoms with Gasteiger partial charge < -0.3 is 31.5 Å². The molecule has 0 saturated heterocycles. The van der Waals surface area contributed by atoms with Gasteiger partial charge in [0, 0.05) is 30.1 Å². The molecule has 0 spiro atoms. The number of benzene rings is 2. The van der Waals surface area contributed by atoms with Crippen LogP contribution in [0.1, 0.15) is 61.6 Å². The van der Waals surface area contributed by atoms with Crippen LogP contribution in [0.15, 0.2) is 42.5 Å². The first-order valence-corrected chi connectivity index (χ1v) is 14.0. The van der Waals surface area contributed by atoms with Crippen molar-refractivity contribution in [2.45, 2.75) is 75.1 Å². The molecule has 1 aliphatic carbocycles. The van der Waals surface area contributed by atoms with Crippen molar-refractivity contribution in [3.63, 3.8) is 0 Å². The number of ether oxygens (including phenoxy) is 1. The molecule has 10 heteroatoms. The summed E-state index contributed by atoms with van der Waals surface area (Å²) in [6.45, 7) is 0.460. The summed E-state index contributed by atoms with van der Waals surface area (Å²) in [7, 11) is 0. The van der Waals surface area contributed by atoms with E-state index in [9.17, 15) is 23.9 Å². The van der Waals surface area contributed by atoms with Gasteiger partial charge in [0.05, 0.1) is 25.2 Å². The van der Waals surface area contributed by atoms with E-state index in [2.05, 4.69) is 21.9 Å². The standard InChI is InChI=1S/C31H37FN4O5/c1-2-20-7-6-8-22(13-20)31(10-11-31)34-19-27(37)25-16-21-14-23(32)17-24(15-21)41-12-5-3-4-9-29(39)35-26(18-28(33)38)30(40)36-25/h1,6-8,13-15,17,25-27,34,37H,3-5,9-12,16,18-19H2,(H2,33,38)(H,35,39)(H,36,40). The molecule has 41 heavy (non-hydrogen) atoms. The van der Waals surface area contributed by atoms with Gasteiger partial charge in [0.15, 0.2) is 0 Å². The molecule has 6 N–H and O–H groups in total. The Balaban J connectivity index is 1.57. The number of aliphatic hydroxyl groups is 1. The summed E-state index contributed by atoms with van der Waals surface area (Å²) >= 11 is 0. The zero-order valence-electron chi connectivity index (χ0n) is 23.0. The number of nitrogens with one attached hydrogen (secondary N) is 3. The van der Waals surface area contributed by atoms with Crippen LogP contribution >= 0.6 is 0 Å². The molecule has 3 atom stereocenters. The van der Waals surface area contributed by atoms with Crippen LogP contribution < -0.4 is 26.4 Å². The average molecular weight is 565 g/mol. The van der Waals surface area contributed by atoms with Crippen LogP contribution in [-0.2, 0) is 26.3 Å². The number of hydrogen-bond acceptors (Lipinski definition) is 6. The van der Waals surface area contributed by atoms with Gasteiger partial charge in [-0.25, -0.2) is 4.39 Å². The molecular weight excluding hydrogens is 527 g/mol. The topological polar surface area (TPSA) is 143 Å². The Morgan fingerprint density at radius 2 is 2.00 bits per heavy atom. The number of carbonyl (C=O) groups is 3. The Morgan fingerprint density at radius 3 is 2.73 bits per heavy atom. The fourth-order valence-electron chi connectivity index (χ4n) is 5.12. The van der Waals surface area contributed by atoms with E-state index in [-0.39, 0.29) is 30.8 Å². The maximum atomic E-state index is 14.5. The Morgan fingerprint density at radius 1 is 1.20 bits per heavy atom. The highest BCUT2D eigenvalue weighted by Crippen LogP contribution is 2.45. The van der Waals surface area contributed by atoms with Crippen molar-refractivity contribution in [1.82, 2.24) is 16.0 Å². The van der Waals surface area contributed by atoms with Crippen LogP contribution in [0.4, 0.5) is 4.39 Å². The fourth-order valence-corrected chi connectivity index (χ4v) is 5.12. The molecular formula is C31H37FN4O5. The van der Waals surface area contributed by atoms with Crippen molar-refractivity contribution in [3.8, 4) is 18.1 Å². The first kappa shape index (κ1) is 30.0. The van der Waals surface area contributed by atoms with Gasteiger partial charge in [-0.2, -0.15) is 0 Å². The lowest BCUT2D eigenvalue weighted by Crippen LogP contribution is -2.56. The summed E-state index contributed by atoms with van der Waals surface area (Å²) in [5, 5.41) is 20.1. The Kier molecular flexibility index (Phi) is 9.97. The van der Waals surface area contributed by atoms with Gasteiger partial charge in [-0.1, -0.05) is 18.1 Å². The van der Waals surface area contributed by atoms with Crippen molar-refractivity contribution < 1.29 is 28.6 Å². The molecule has 2 aromatic carbocycles. The predicted octanol–water partition coefficient (Wildman–Crippen LogP) is 1.79. The largest absolute Gasteiger partial charge is 0.493 e. The smallest absolute Gasteiger partial charge is 0.243 e. The van der Waals surface area contributed by atoms with Crippen molar-refractivity contribution in [2.24, 2.45) is 5.73 Å². The van der Waals surface area contributed by atoms with Gasteiger partial charge in [0.1, 0.15) is 17.6 Å². The van der Waals surface area contributed by atoms with Crippen molar-refractivity contribution >= 4 is 17.7 Å². The van der Waals surface area contributed by atoms with Gasteiger partial charge >= 0.3 is 0 Å². The van der Waals surface area contributed by atoms with Crippen molar-refractivity contribution in [2.75, 3.05) is 13.2 Å². The monoisotopic (exact) mass is 564 g/mol. The Bertz CT molecular complexity index is 1310. The van der Waals surface area contributed by atoms with E-state index < -0.39 is 42.2 Å². The van der Waals surface area contributed by atoms with Gasteiger partial charge in [-0.15, -0.1) is 6.42 Å². The van der Waals surface area contributed by atoms with Crippen molar-refractivity contribution in [3.05, 3.63) is 65.0 Å². The number of aliphatic hydroxyl groups excluding tert-OH is 1. The molecule has 0 radical (unpaired) electrons. The highest BCUT2D eigenvalue weighted by molar-refractivity contribution is 5.91. The third kappa shape index (κ3) is 8.52. The summed E-state index contributed by atoms with van der Waals surface area (Å²) in [5.74, 6) is 0.689. The zero-order valence-corrected chi connectivity index (χ0v) is 23.0. The minimum Gasteiger partial charge on any atom is -0.493 e.